The van der Waals surface area contributed by atoms with Crippen LogP contribution in [0.5, 0.6) is 0 Å². The monoisotopic (exact) mass is 366 g/mol. The zero-order valence-corrected chi connectivity index (χ0v) is 15.4. The van der Waals surface area contributed by atoms with E-state index in [0.717, 1.165) is 25.7 Å². The maximum absolute atomic E-state index is 12.6. The summed E-state index contributed by atoms with van der Waals surface area (Å²) in [5, 5.41) is 13.8. The highest BCUT2D eigenvalue weighted by Gasteiger charge is 2.62. The highest BCUT2D eigenvalue weighted by Crippen LogP contribution is 2.50. The molecule has 2 saturated heterocycles. The third kappa shape index (κ3) is 3.05. The Morgan fingerprint density at radius 1 is 1.36 bits per heavy atom. The normalized spacial score (nSPS) is 32.5. The summed E-state index contributed by atoms with van der Waals surface area (Å²) in [6, 6.07) is -2.22. The first-order chi connectivity index (χ1) is 11.8. The van der Waals surface area contributed by atoms with Gasteiger partial charge in [0.15, 0.2) is 0 Å². The molecule has 4 atom stereocenters. The van der Waals surface area contributed by atoms with Gasteiger partial charge in [0.1, 0.15) is 17.5 Å². The highest BCUT2D eigenvalue weighted by atomic mass is 32.2. The maximum Gasteiger partial charge on any atom is 0.249 e. The molecule has 3 fully saturated rings. The molecule has 3 aliphatic rings. The predicted octanol–water partition coefficient (Wildman–Crippen LogP) is -0.0671. The minimum absolute atomic E-state index is 0.168. The number of nitrogens with zero attached hydrogens (tertiary/aromatic N) is 2. The zero-order chi connectivity index (χ0) is 18.4. The van der Waals surface area contributed by atoms with Crippen LogP contribution < -0.4 is 10.4 Å². The Morgan fingerprint density at radius 3 is 2.56 bits per heavy atom. The summed E-state index contributed by atoms with van der Waals surface area (Å²) >= 11 is 1.39. The fourth-order valence-corrected chi connectivity index (χ4v) is 5.88. The molecule has 1 N–H and O–H groups in total. The molecule has 0 bridgehead atoms. The summed E-state index contributed by atoms with van der Waals surface area (Å²) in [6.07, 6.45) is 5.23. The van der Waals surface area contributed by atoms with Crippen molar-refractivity contribution in [1.82, 2.24) is 10.2 Å². The molecular formula is C17H24N3O4S-. The van der Waals surface area contributed by atoms with Gasteiger partial charge in [-0.15, -0.1) is 11.8 Å². The van der Waals surface area contributed by atoms with Crippen molar-refractivity contribution in [2.75, 3.05) is 0 Å². The van der Waals surface area contributed by atoms with Crippen LogP contribution in [-0.4, -0.2) is 57.6 Å². The first-order valence-corrected chi connectivity index (χ1v) is 9.63. The minimum atomic E-state index is -1.26. The molecule has 2 heterocycles. The average Bonchev–Trinajstić information content (AvgIpc) is 2.82. The molecule has 0 aromatic heterocycles. The van der Waals surface area contributed by atoms with Crippen LogP contribution in [-0.2, 0) is 14.4 Å². The number of β-lactam (4-membered cyclic amide) rings is 1. The Balaban J connectivity index is 1.68. The fraction of sp³-hybridized carbons (Fsp3) is 0.765. The number of fused-ring (bicyclic) bond motifs is 1. The summed E-state index contributed by atoms with van der Waals surface area (Å²) in [4.78, 5) is 41.8. The van der Waals surface area contributed by atoms with Gasteiger partial charge < -0.3 is 20.1 Å². The Bertz CT molecular complexity index is 603. The van der Waals surface area contributed by atoms with Gasteiger partial charge in [-0.25, -0.2) is 0 Å². The van der Waals surface area contributed by atoms with Crippen molar-refractivity contribution >= 4 is 36.3 Å². The number of carbonyl (C=O) groups is 3. The molecule has 138 valence electrons. The fourth-order valence-electron chi connectivity index (χ4n) is 4.26. The molecule has 3 rings (SSSR count). The Labute approximate surface area is 151 Å². The second-order valence-electron chi connectivity index (χ2n) is 7.59. The van der Waals surface area contributed by atoms with Crippen molar-refractivity contribution in [2.45, 2.75) is 74.2 Å². The molecule has 2 amide bonds. The summed E-state index contributed by atoms with van der Waals surface area (Å²) in [7, 11) is 0. The lowest BCUT2D eigenvalue weighted by Gasteiger charge is -2.45. The molecule has 0 radical (unpaired) electrons. The van der Waals surface area contributed by atoms with E-state index in [9.17, 15) is 19.5 Å². The molecule has 2 aliphatic heterocycles. The number of carboxylic acids is 1. The van der Waals surface area contributed by atoms with Crippen molar-refractivity contribution in [3.63, 3.8) is 0 Å². The van der Waals surface area contributed by atoms with Crippen LogP contribution in [0, 0.1) is 5.92 Å². The number of carboxylic acid groups (broad SMARTS) is 1. The van der Waals surface area contributed by atoms with Gasteiger partial charge in [-0.05, 0) is 39.3 Å². The molecule has 4 unspecified atom stereocenters. The Kier molecular flexibility index (Phi) is 4.83. The lowest BCUT2D eigenvalue weighted by molar-refractivity contribution is -0.312. The molecule has 8 heteroatoms. The number of rotatable bonds is 5. The number of thioether (sulfide) groups is 1. The number of aliphatic imine (C=N–C) groups is 1. The quantitative estimate of drug-likeness (QED) is 0.542. The summed E-state index contributed by atoms with van der Waals surface area (Å²) in [5.74, 6) is -1.74. The van der Waals surface area contributed by atoms with Crippen LogP contribution in [0.4, 0.5) is 0 Å². The number of aliphatic carboxylic acids is 1. The average molecular weight is 366 g/mol. The number of carbonyl (C=O) groups excluding carboxylic acids is 3. The first kappa shape index (κ1) is 18.2. The summed E-state index contributed by atoms with van der Waals surface area (Å²) in [5.41, 5.74) is 0. The van der Waals surface area contributed by atoms with Crippen LogP contribution in [0.2, 0.25) is 0 Å². The number of amides is 2. The predicted molar refractivity (Wildman–Crippen MR) is 92.9 cm³/mol. The van der Waals surface area contributed by atoms with Crippen molar-refractivity contribution < 1.29 is 19.5 Å². The van der Waals surface area contributed by atoms with Crippen LogP contribution in [0.15, 0.2) is 4.99 Å². The topological polar surface area (TPSA) is 102 Å². The zero-order valence-electron chi connectivity index (χ0n) is 14.6. The standard InChI is InChI=1S/C17H25N3O4S/c1-17(2)12(16(23)24)20-14(22)11(15(20)25-17)19-13(21)10(18-3)9-7-5-4-6-8-9/h9-12,15H,3-8H2,1-2H3,(H,19,21)(H,23,24)/p-1. The lowest BCUT2D eigenvalue weighted by Crippen LogP contribution is -2.72. The van der Waals surface area contributed by atoms with Gasteiger partial charge in [-0.1, -0.05) is 19.3 Å². The van der Waals surface area contributed by atoms with Gasteiger partial charge in [0.25, 0.3) is 0 Å². The Hall–Kier alpha value is -1.57. The molecule has 1 saturated carbocycles. The van der Waals surface area contributed by atoms with E-state index in [2.05, 4.69) is 17.0 Å². The van der Waals surface area contributed by atoms with E-state index in [1.54, 1.807) is 13.8 Å². The third-order valence-electron chi connectivity index (χ3n) is 5.52. The Morgan fingerprint density at radius 2 is 2.00 bits per heavy atom. The third-order valence-corrected chi connectivity index (χ3v) is 7.10. The number of nitrogens with one attached hydrogen (secondary N) is 1. The van der Waals surface area contributed by atoms with Crippen molar-refractivity contribution in [2.24, 2.45) is 10.9 Å². The van der Waals surface area contributed by atoms with E-state index in [-0.39, 0.29) is 23.1 Å². The van der Waals surface area contributed by atoms with Gasteiger partial charge in [-0.2, -0.15) is 0 Å². The van der Waals surface area contributed by atoms with Crippen LogP contribution >= 0.6 is 11.8 Å². The minimum Gasteiger partial charge on any atom is -0.548 e. The summed E-state index contributed by atoms with van der Waals surface area (Å²) in [6.45, 7) is 7.11. The number of hydrogen-bond donors (Lipinski definition) is 1. The van der Waals surface area contributed by atoms with Gasteiger partial charge >= 0.3 is 0 Å². The van der Waals surface area contributed by atoms with E-state index in [1.807, 2.05) is 0 Å². The molecule has 0 aromatic rings. The SMILES string of the molecule is C=NC(C(=O)NC1C(=O)N2C1SC(C)(C)C2C(=O)[O-])C1CCCCC1. The van der Waals surface area contributed by atoms with Crippen molar-refractivity contribution in [3.8, 4) is 0 Å². The van der Waals surface area contributed by atoms with E-state index in [4.69, 9.17) is 0 Å². The lowest BCUT2D eigenvalue weighted by atomic mass is 9.83. The van der Waals surface area contributed by atoms with Crippen LogP contribution in [0.1, 0.15) is 46.0 Å². The molecule has 25 heavy (non-hydrogen) atoms. The smallest absolute Gasteiger partial charge is 0.249 e. The van der Waals surface area contributed by atoms with Crippen molar-refractivity contribution in [1.29, 1.82) is 0 Å². The van der Waals surface area contributed by atoms with Gasteiger partial charge in [0.05, 0.1) is 12.0 Å². The van der Waals surface area contributed by atoms with E-state index >= 15 is 0 Å². The van der Waals surface area contributed by atoms with Gasteiger partial charge in [-0.3, -0.25) is 14.6 Å². The molecule has 0 spiro atoms. The van der Waals surface area contributed by atoms with Crippen LogP contribution in [0.3, 0.4) is 0 Å². The first-order valence-electron chi connectivity index (χ1n) is 8.75. The summed E-state index contributed by atoms with van der Waals surface area (Å²) < 4.78 is -0.655. The number of hydrogen-bond acceptors (Lipinski definition) is 6. The van der Waals surface area contributed by atoms with Gasteiger partial charge in [0, 0.05) is 4.75 Å². The largest absolute Gasteiger partial charge is 0.548 e. The molecule has 7 nitrogen and oxygen atoms in total. The van der Waals surface area contributed by atoms with Gasteiger partial charge in [0.2, 0.25) is 11.8 Å². The maximum atomic E-state index is 12.6. The van der Waals surface area contributed by atoms with Crippen molar-refractivity contribution in [3.05, 3.63) is 0 Å². The highest BCUT2D eigenvalue weighted by molar-refractivity contribution is 8.01. The molecule has 1 aliphatic carbocycles. The second kappa shape index (κ2) is 6.63. The second-order valence-corrected chi connectivity index (χ2v) is 9.36. The van der Waals surface area contributed by atoms with E-state index in [0.29, 0.717) is 0 Å². The van der Waals surface area contributed by atoms with E-state index in [1.165, 1.54) is 23.1 Å². The molecule has 0 aromatic carbocycles. The molecular weight excluding hydrogens is 342 g/mol. The van der Waals surface area contributed by atoms with E-state index < -0.39 is 28.8 Å². The van der Waals surface area contributed by atoms with Crippen LogP contribution in [0.25, 0.3) is 0 Å².